The van der Waals surface area contributed by atoms with Crippen molar-refractivity contribution in [3.63, 3.8) is 0 Å². The van der Waals surface area contributed by atoms with Crippen molar-refractivity contribution >= 4 is 5.78 Å². The molecule has 0 amide bonds. The maximum atomic E-state index is 12.2. The van der Waals surface area contributed by atoms with Gasteiger partial charge in [-0.25, -0.2) is 0 Å². The average molecular weight is 250 g/mol. The molecule has 0 N–H and O–H groups in total. The summed E-state index contributed by atoms with van der Waals surface area (Å²) in [5.74, 6) is 0.591. The molecular weight excluding hydrogens is 232 g/mol. The summed E-state index contributed by atoms with van der Waals surface area (Å²) in [7, 11) is 0. The molecule has 0 saturated carbocycles. The predicted molar refractivity (Wildman–Crippen MR) is 77.4 cm³/mol. The third-order valence-corrected chi connectivity index (χ3v) is 4.64. The summed E-state index contributed by atoms with van der Waals surface area (Å²) in [6, 6.07) is 18.6. The number of carbonyl (C=O) groups is 1. The molecule has 2 aromatic rings. The van der Waals surface area contributed by atoms with Crippen LogP contribution in [0.1, 0.15) is 41.8 Å². The molecule has 0 saturated heterocycles. The summed E-state index contributed by atoms with van der Waals surface area (Å²) in [5, 5.41) is 0. The molecule has 0 bridgehead atoms. The van der Waals surface area contributed by atoms with Crippen molar-refractivity contribution in [2.24, 2.45) is 5.92 Å². The van der Waals surface area contributed by atoms with Crippen LogP contribution in [0.15, 0.2) is 54.6 Å². The highest BCUT2D eigenvalue weighted by molar-refractivity contribution is 5.99. The molecule has 0 radical (unpaired) electrons. The number of Topliss-reactive ketones (excluding diaryl/α,β-unsaturated/α-hetero) is 1. The minimum atomic E-state index is -0.0776. The van der Waals surface area contributed by atoms with E-state index in [-0.39, 0.29) is 11.2 Å². The number of benzene rings is 2. The van der Waals surface area contributed by atoms with Gasteiger partial charge in [0.25, 0.3) is 0 Å². The van der Waals surface area contributed by atoms with Crippen LogP contribution < -0.4 is 0 Å². The fourth-order valence-electron chi connectivity index (χ4n) is 3.26. The molecule has 0 aromatic heterocycles. The van der Waals surface area contributed by atoms with E-state index < -0.39 is 0 Å². The monoisotopic (exact) mass is 250 g/mol. The maximum Gasteiger partial charge on any atom is 0.163 e. The van der Waals surface area contributed by atoms with Gasteiger partial charge in [0, 0.05) is 17.4 Å². The van der Waals surface area contributed by atoms with E-state index in [1.165, 1.54) is 11.1 Å². The SMILES string of the molecule is CC1CC(=O)c2ccccc2C1(C)c1ccccc1. The van der Waals surface area contributed by atoms with E-state index in [2.05, 4.69) is 44.2 Å². The molecular formula is C18H18O. The van der Waals surface area contributed by atoms with Crippen molar-refractivity contribution in [2.45, 2.75) is 25.7 Å². The lowest BCUT2D eigenvalue weighted by Crippen LogP contribution is -2.38. The van der Waals surface area contributed by atoms with Crippen LogP contribution in [-0.2, 0) is 5.41 Å². The molecule has 96 valence electrons. The first kappa shape index (κ1) is 12.2. The minimum absolute atomic E-state index is 0.0776. The van der Waals surface area contributed by atoms with Crippen LogP contribution in [0.3, 0.4) is 0 Å². The zero-order valence-corrected chi connectivity index (χ0v) is 11.4. The normalized spacial score (nSPS) is 26.0. The highest BCUT2D eigenvalue weighted by Crippen LogP contribution is 2.45. The molecule has 0 aliphatic heterocycles. The Morgan fingerprint density at radius 1 is 1.00 bits per heavy atom. The Bertz CT molecular complexity index is 615. The van der Waals surface area contributed by atoms with Gasteiger partial charge < -0.3 is 0 Å². The van der Waals surface area contributed by atoms with Crippen molar-refractivity contribution in [1.29, 1.82) is 0 Å². The molecule has 19 heavy (non-hydrogen) atoms. The number of fused-ring (bicyclic) bond motifs is 1. The van der Waals surface area contributed by atoms with Gasteiger partial charge in [-0.1, -0.05) is 68.4 Å². The van der Waals surface area contributed by atoms with Crippen LogP contribution in [0.5, 0.6) is 0 Å². The largest absolute Gasteiger partial charge is 0.294 e. The smallest absolute Gasteiger partial charge is 0.163 e. The number of carbonyl (C=O) groups excluding carboxylic acids is 1. The first-order valence-corrected chi connectivity index (χ1v) is 6.82. The molecule has 0 heterocycles. The number of ketones is 1. The van der Waals surface area contributed by atoms with Crippen molar-refractivity contribution in [3.05, 3.63) is 71.3 Å². The Kier molecular flexibility index (Phi) is 2.78. The molecule has 0 spiro atoms. The molecule has 3 rings (SSSR count). The Balaban J connectivity index is 2.26. The van der Waals surface area contributed by atoms with Gasteiger partial charge in [0.2, 0.25) is 0 Å². The summed E-state index contributed by atoms with van der Waals surface area (Å²) < 4.78 is 0. The molecule has 1 aliphatic rings. The Hall–Kier alpha value is -1.89. The van der Waals surface area contributed by atoms with Crippen LogP contribution in [0.4, 0.5) is 0 Å². The van der Waals surface area contributed by atoms with E-state index in [0.717, 1.165) is 5.56 Å². The van der Waals surface area contributed by atoms with Gasteiger partial charge in [0.15, 0.2) is 5.78 Å². The van der Waals surface area contributed by atoms with Crippen molar-refractivity contribution in [1.82, 2.24) is 0 Å². The zero-order valence-electron chi connectivity index (χ0n) is 11.4. The van der Waals surface area contributed by atoms with Crippen molar-refractivity contribution in [3.8, 4) is 0 Å². The molecule has 1 nitrogen and oxygen atoms in total. The van der Waals surface area contributed by atoms with Crippen molar-refractivity contribution < 1.29 is 4.79 Å². The third-order valence-electron chi connectivity index (χ3n) is 4.64. The van der Waals surface area contributed by atoms with Crippen LogP contribution in [0.25, 0.3) is 0 Å². The molecule has 1 heteroatoms. The van der Waals surface area contributed by atoms with E-state index >= 15 is 0 Å². The lowest BCUT2D eigenvalue weighted by Gasteiger charge is -2.41. The van der Waals surface area contributed by atoms with E-state index in [1.807, 2.05) is 24.3 Å². The van der Waals surface area contributed by atoms with E-state index in [0.29, 0.717) is 12.3 Å². The molecule has 2 atom stereocenters. The third kappa shape index (κ3) is 1.73. The van der Waals surface area contributed by atoms with E-state index in [9.17, 15) is 4.79 Å². The van der Waals surface area contributed by atoms with Gasteiger partial charge in [0.05, 0.1) is 0 Å². The summed E-state index contributed by atoms with van der Waals surface area (Å²) in [6.45, 7) is 4.44. The Morgan fingerprint density at radius 2 is 1.63 bits per heavy atom. The fraction of sp³-hybridized carbons (Fsp3) is 0.278. The molecule has 2 aromatic carbocycles. The first-order valence-electron chi connectivity index (χ1n) is 6.82. The highest BCUT2D eigenvalue weighted by Gasteiger charge is 2.41. The lowest BCUT2D eigenvalue weighted by molar-refractivity contribution is 0.0927. The van der Waals surface area contributed by atoms with Crippen LogP contribution in [0.2, 0.25) is 0 Å². The van der Waals surface area contributed by atoms with Gasteiger partial charge >= 0.3 is 0 Å². The highest BCUT2D eigenvalue weighted by atomic mass is 16.1. The number of hydrogen-bond acceptors (Lipinski definition) is 1. The van der Waals surface area contributed by atoms with Gasteiger partial charge in [-0.2, -0.15) is 0 Å². The average Bonchev–Trinajstić information content (AvgIpc) is 2.46. The zero-order chi connectivity index (χ0) is 13.5. The minimum Gasteiger partial charge on any atom is -0.294 e. The van der Waals surface area contributed by atoms with Crippen LogP contribution in [-0.4, -0.2) is 5.78 Å². The predicted octanol–water partition coefficient (Wildman–Crippen LogP) is 4.22. The maximum absolute atomic E-state index is 12.2. The fourth-order valence-corrected chi connectivity index (χ4v) is 3.26. The van der Waals surface area contributed by atoms with Crippen LogP contribution >= 0.6 is 0 Å². The summed E-state index contributed by atoms with van der Waals surface area (Å²) >= 11 is 0. The second-order valence-electron chi connectivity index (χ2n) is 5.64. The van der Waals surface area contributed by atoms with Gasteiger partial charge in [-0.05, 0) is 17.0 Å². The number of rotatable bonds is 1. The quantitative estimate of drug-likeness (QED) is 0.740. The van der Waals surface area contributed by atoms with Crippen LogP contribution in [0, 0.1) is 5.92 Å². The topological polar surface area (TPSA) is 17.1 Å². The summed E-state index contributed by atoms with van der Waals surface area (Å²) in [5.41, 5.74) is 3.28. The van der Waals surface area contributed by atoms with E-state index in [4.69, 9.17) is 0 Å². The lowest BCUT2D eigenvalue weighted by atomic mass is 9.61. The van der Waals surface area contributed by atoms with E-state index in [1.54, 1.807) is 0 Å². The Morgan fingerprint density at radius 3 is 2.37 bits per heavy atom. The second-order valence-corrected chi connectivity index (χ2v) is 5.64. The molecule has 1 aliphatic carbocycles. The molecule has 2 unspecified atom stereocenters. The standard InChI is InChI=1S/C18H18O/c1-13-12-17(19)15-10-6-7-11-16(15)18(13,2)14-8-4-3-5-9-14/h3-11,13H,12H2,1-2H3. The van der Waals surface area contributed by atoms with Gasteiger partial charge in [0.1, 0.15) is 0 Å². The first-order chi connectivity index (χ1) is 9.14. The van der Waals surface area contributed by atoms with Gasteiger partial charge in [-0.15, -0.1) is 0 Å². The Labute approximate surface area is 114 Å². The van der Waals surface area contributed by atoms with Gasteiger partial charge in [-0.3, -0.25) is 4.79 Å². The second kappa shape index (κ2) is 4.34. The van der Waals surface area contributed by atoms with Crippen molar-refractivity contribution in [2.75, 3.05) is 0 Å². The molecule has 0 fully saturated rings. The number of hydrogen-bond donors (Lipinski definition) is 0. The summed E-state index contributed by atoms with van der Waals surface area (Å²) in [6.07, 6.45) is 0.627. The summed E-state index contributed by atoms with van der Waals surface area (Å²) in [4.78, 5) is 12.2.